The maximum atomic E-state index is 14.9. The SMILES string of the molecule is N/N=C\C(COC1C(O)C(n2cnc3c(N)ncnc32)O[C@@H]1C[C@@H](N)CCC(N)C(=O)O)=[NH+]CCCCCCNC(=O)OC1CCN(C(=O)c2ccccc2C2=C3CC4CCC[N+]5=C4C(=C3OC3C4=C6C(=CC23)CCCN6CCC4)CCC5)CC1. The third-order valence-electron chi connectivity index (χ3n) is 19.0. The Kier molecular flexibility index (Phi) is 17.8. The second-order valence-electron chi connectivity index (χ2n) is 24.5. The van der Waals surface area contributed by atoms with E-state index in [2.05, 4.69) is 58.0 Å². The Bertz CT molecular complexity index is 3250. The number of nitrogen functional groups attached to an aromatic ring is 1. The van der Waals surface area contributed by atoms with Gasteiger partial charge in [0.2, 0.25) is 5.71 Å². The van der Waals surface area contributed by atoms with Crippen molar-refractivity contribution in [1.82, 2.24) is 34.6 Å². The molecule has 7 aliphatic heterocycles. The molecule has 7 unspecified atom stereocenters. The number of nitrogens with zero attached hydrogens (tertiary/aromatic N) is 8. The number of imidazole rings is 1. The molecule has 0 radical (unpaired) electrons. The lowest BCUT2D eigenvalue weighted by atomic mass is 9.67. The van der Waals surface area contributed by atoms with Crippen molar-refractivity contribution in [3.63, 3.8) is 0 Å². The Hall–Kier alpha value is -7.05. The first-order chi connectivity index (χ1) is 41.4. The lowest BCUT2D eigenvalue weighted by molar-refractivity contribution is -0.538. The van der Waals surface area contributed by atoms with E-state index >= 15 is 0 Å². The average Bonchev–Trinajstić information content (AvgIpc) is 1.92. The van der Waals surface area contributed by atoms with Crippen molar-refractivity contribution in [3.05, 3.63) is 87.9 Å². The van der Waals surface area contributed by atoms with E-state index in [4.69, 9.17) is 42.0 Å². The normalized spacial score (nSPS) is 26.6. The van der Waals surface area contributed by atoms with Crippen molar-refractivity contribution in [2.24, 2.45) is 34.2 Å². The number of carbonyl (C=O) groups excluding carboxylic acids is 2. The number of carboxylic acid groups (broad SMARTS) is 1. The monoisotopic (exact) mass is 1170 g/mol. The number of benzene rings is 1. The Morgan fingerprint density at radius 1 is 0.953 bits per heavy atom. The molecule has 454 valence electrons. The lowest BCUT2D eigenvalue weighted by Gasteiger charge is -2.49. The van der Waals surface area contributed by atoms with Crippen molar-refractivity contribution in [2.75, 3.05) is 64.7 Å². The number of rotatable bonds is 21. The Morgan fingerprint density at radius 2 is 1.76 bits per heavy atom. The van der Waals surface area contributed by atoms with Gasteiger partial charge in [-0.05, 0) is 105 Å². The molecule has 0 bridgehead atoms. The van der Waals surface area contributed by atoms with E-state index in [-0.39, 0.29) is 49.3 Å². The molecule has 23 heteroatoms. The van der Waals surface area contributed by atoms with Gasteiger partial charge in [0.05, 0.1) is 18.0 Å². The predicted molar refractivity (Wildman–Crippen MR) is 318 cm³/mol. The molecule has 2 aromatic heterocycles. The number of nitrogens with one attached hydrogen (secondary N) is 2. The van der Waals surface area contributed by atoms with Crippen LogP contribution in [0, 0.1) is 11.8 Å². The zero-order valence-corrected chi connectivity index (χ0v) is 48.6. The van der Waals surface area contributed by atoms with Crippen LogP contribution in [0.2, 0.25) is 0 Å². The van der Waals surface area contributed by atoms with Gasteiger partial charge in [0, 0.05) is 99.5 Å². The number of piperidine rings is 2. The minimum absolute atomic E-state index is 0.00907. The summed E-state index contributed by atoms with van der Waals surface area (Å²) in [5.41, 5.74) is 31.3. The van der Waals surface area contributed by atoms with E-state index in [0.717, 1.165) is 114 Å². The van der Waals surface area contributed by atoms with Crippen LogP contribution in [0.1, 0.15) is 138 Å². The number of carboxylic acids is 1. The molecule has 1 aromatic carbocycles. The van der Waals surface area contributed by atoms with Crippen LogP contribution in [0.15, 0.2) is 81.8 Å². The standard InChI is InChI=1S/C62H82N14O9/c63-38(17-18-47(64)61(79)80)31-48-56(53(77)60(84-48)76-35-71-50-57(65)69-34-70-58(50)76)82-33-39(32-72-66)67-21-5-1-2-6-22-68-62(81)83-40-19-27-75(28-20-40)59(78)42-14-4-3-13-41(42)49-45-29-36-11-7-23-73-25-9-15-43(51(36)73)54(45)85-55-44-16-10-26-74-24-8-12-37(52(44)74)30-46(49)55/h3-4,13-14,29,32,34-35,37-38,40,45,47-48,53-54,56,60,77H,1-2,5-12,15-28,30-31,33,63-64H2,(H5-,65,66,67,68,69,70,79,80,81)/p+2/t37?,38-,45?,47?,48+,53?,54?,56?,60?/m0/s1. The van der Waals surface area contributed by atoms with Crippen LogP contribution < -0.4 is 33.4 Å². The summed E-state index contributed by atoms with van der Waals surface area (Å²) >= 11 is 0. The van der Waals surface area contributed by atoms with Gasteiger partial charge in [0.25, 0.3) is 5.91 Å². The summed E-state index contributed by atoms with van der Waals surface area (Å²) in [6.07, 6.45) is 17.4. The number of ether oxygens (including phenoxy) is 4. The molecule has 12 rings (SSSR count). The molecular weight excluding hydrogens is 1080 g/mol. The van der Waals surface area contributed by atoms with E-state index in [1.54, 1.807) is 4.57 Å². The highest BCUT2D eigenvalue weighted by Crippen LogP contribution is 2.55. The quantitative estimate of drug-likeness (QED) is 0.0250. The first kappa shape index (κ1) is 58.3. The van der Waals surface area contributed by atoms with E-state index in [1.165, 1.54) is 71.0 Å². The highest BCUT2D eigenvalue weighted by molar-refractivity contribution is 6.28. The van der Waals surface area contributed by atoms with Crippen LogP contribution in [0.5, 0.6) is 0 Å². The van der Waals surface area contributed by atoms with Crippen LogP contribution in [-0.4, -0.2) is 181 Å². The smallest absolute Gasteiger partial charge is 0.407 e. The van der Waals surface area contributed by atoms with E-state index in [9.17, 15) is 24.6 Å². The number of anilines is 1. The van der Waals surface area contributed by atoms with Gasteiger partial charge in [-0.25, -0.2) is 29.3 Å². The highest BCUT2D eigenvalue weighted by Gasteiger charge is 2.51. The van der Waals surface area contributed by atoms with Gasteiger partial charge in [0.15, 0.2) is 23.4 Å². The molecule has 2 amide bonds. The second kappa shape index (κ2) is 25.9. The van der Waals surface area contributed by atoms with Crippen LogP contribution in [0.4, 0.5) is 10.6 Å². The van der Waals surface area contributed by atoms with Gasteiger partial charge >= 0.3 is 12.1 Å². The third-order valence-corrected chi connectivity index (χ3v) is 19.0. The summed E-state index contributed by atoms with van der Waals surface area (Å²) in [4.78, 5) is 59.9. The molecule has 2 aliphatic carbocycles. The van der Waals surface area contributed by atoms with Gasteiger partial charge < -0.3 is 67.3 Å². The third kappa shape index (κ3) is 12.1. The second-order valence-corrected chi connectivity index (χ2v) is 24.5. The summed E-state index contributed by atoms with van der Waals surface area (Å²) in [6, 6.07) is 6.78. The minimum Gasteiger partial charge on any atom is -0.484 e. The number of amides is 2. The number of alkyl carbamates (subject to hydrolysis) is 1. The number of hydrogen-bond donors (Lipinski definition) is 8. The number of carbonyl (C=O) groups is 3. The summed E-state index contributed by atoms with van der Waals surface area (Å²) in [5.74, 6) is 6.32. The van der Waals surface area contributed by atoms with E-state index < -0.39 is 48.7 Å². The number of aliphatic hydroxyl groups excluding tert-OH is 1. The molecule has 3 fully saturated rings. The summed E-state index contributed by atoms with van der Waals surface area (Å²) in [6.45, 7) is 6.55. The topological polar surface area (TPSA) is 324 Å². The fourth-order valence-corrected chi connectivity index (χ4v) is 15.0. The molecular formula is C62H84N14O9+2. The molecule has 9 heterocycles. The van der Waals surface area contributed by atoms with Crippen LogP contribution >= 0.6 is 0 Å². The number of aliphatic hydroxyl groups is 1. The number of likely N-dealkylation sites (tertiary alicyclic amines) is 1. The average molecular weight is 1170 g/mol. The van der Waals surface area contributed by atoms with Gasteiger partial charge in [-0.2, -0.15) is 5.10 Å². The number of nitrogens with two attached hydrogens (primary N) is 4. The molecule has 12 N–H and O–H groups in total. The first-order valence-electron chi connectivity index (χ1n) is 31.2. The Morgan fingerprint density at radius 3 is 2.60 bits per heavy atom. The summed E-state index contributed by atoms with van der Waals surface area (Å²) in [7, 11) is 0. The van der Waals surface area contributed by atoms with Crippen LogP contribution in [0.25, 0.3) is 16.7 Å². The number of aromatic nitrogens is 4. The lowest BCUT2D eigenvalue weighted by Crippen LogP contribution is -2.74. The number of allylic oxidation sites excluding steroid dienone is 3. The fourth-order valence-electron chi connectivity index (χ4n) is 15.0. The molecule has 0 saturated carbocycles. The Labute approximate surface area is 495 Å². The number of unbranched alkanes of at least 4 members (excludes halogenated alkanes) is 3. The van der Waals surface area contributed by atoms with E-state index in [0.29, 0.717) is 68.2 Å². The fraction of sp³-hybridized carbons (Fsp3) is 0.597. The van der Waals surface area contributed by atoms with Crippen molar-refractivity contribution >= 4 is 58.2 Å². The van der Waals surface area contributed by atoms with Gasteiger partial charge in [-0.1, -0.05) is 30.7 Å². The molecule has 3 aromatic rings. The van der Waals surface area contributed by atoms with Crippen LogP contribution in [0.3, 0.4) is 0 Å². The van der Waals surface area contributed by atoms with Gasteiger partial charge in [-0.15, -0.1) is 0 Å². The van der Waals surface area contributed by atoms with Crippen LogP contribution in [-0.2, 0) is 23.7 Å². The van der Waals surface area contributed by atoms with Gasteiger partial charge in [-0.3, -0.25) is 14.2 Å². The first-order valence-corrected chi connectivity index (χ1v) is 31.2. The number of hydrazone groups is 1. The van der Waals surface area contributed by atoms with Crippen molar-refractivity contribution in [1.29, 1.82) is 0 Å². The maximum Gasteiger partial charge on any atom is 0.407 e. The highest BCUT2D eigenvalue weighted by atomic mass is 16.6. The number of aliphatic carboxylic acids is 1. The zero-order valence-electron chi connectivity index (χ0n) is 48.6. The Balaban J connectivity index is 0.620. The van der Waals surface area contributed by atoms with Crippen molar-refractivity contribution in [2.45, 2.75) is 164 Å². The van der Waals surface area contributed by atoms with Crippen molar-refractivity contribution in [3.8, 4) is 0 Å². The predicted octanol–water partition coefficient (Wildman–Crippen LogP) is 3.19. The van der Waals surface area contributed by atoms with E-state index in [1.807, 2.05) is 17.0 Å². The molecule has 0 spiro atoms. The number of fused-ring (bicyclic) bond motifs is 4. The molecule has 9 aliphatic rings. The minimum atomic E-state index is -1.19. The largest absolute Gasteiger partial charge is 0.484 e. The molecule has 9 atom stereocenters. The van der Waals surface area contributed by atoms with Crippen molar-refractivity contribution < 1.29 is 53.1 Å². The zero-order chi connectivity index (χ0) is 58.7. The molecule has 85 heavy (non-hydrogen) atoms. The summed E-state index contributed by atoms with van der Waals surface area (Å²) < 4.78 is 30.3. The summed E-state index contributed by atoms with van der Waals surface area (Å²) in [5, 5.41) is 27.6. The molecule has 3 saturated heterocycles. The molecule has 23 nitrogen and oxygen atoms in total. The number of hydrogen-bond acceptors (Lipinski definition) is 17. The van der Waals surface area contributed by atoms with Gasteiger partial charge in [0.1, 0.15) is 80.5 Å². The maximum absolute atomic E-state index is 14.9.